The van der Waals surface area contributed by atoms with Crippen LogP contribution in [0, 0.1) is 0 Å². The van der Waals surface area contributed by atoms with Gasteiger partial charge in [-0.3, -0.25) is 0 Å². The molecule has 0 amide bonds. The molecule has 0 bridgehead atoms. The molecule has 1 fully saturated rings. The second-order valence-corrected chi connectivity index (χ2v) is 7.43. The van der Waals surface area contributed by atoms with Crippen LogP contribution in [0.3, 0.4) is 0 Å². The van der Waals surface area contributed by atoms with Crippen molar-refractivity contribution in [2.24, 2.45) is 0 Å². The number of nitrogens with zero attached hydrogens (tertiary/aromatic N) is 4. The van der Waals surface area contributed by atoms with Crippen LogP contribution in [0.15, 0.2) is 54.6 Å². The maximum Gasteiger partial charge on any atom is 0.416 e. The summed E-state index contributed by atoms with van der Waals surface area (Å²) < 4.78 is 47.2. The molecule has 2 heterocycles. The van der Waals surface area contributed by atoms with Gasteiger partial charge in [-0.15, -0.1) is 15.3 Å². The van der Waals surface area contributed by atoms with Gasteiger partial charge in [0.25, 0.3) is 0 Å². The fourth-order valence-electron chi connectivity index (χ4n) is 3.35. The molecule has 0 saturated heterocycles. The van der Waals surface area contributed by atoms with Crippen molar-refractivity contribution in [1.29, 1.82) is 0 Å². The first-order valence-corrected chi connectivity index (χ1v) is 9.64. The Morgan fingerprint density at radius 3 is 2.47 bits per heavy atom. The summed E-state index contributed by atoms with van der Waals surface area (Å²) >= 11 is 6.08. The topological polar surface area (TPSA) is 52.3 Å². The zero-order valence-electron chi connectivity index (χ0n) is 15.4. The van der Waals surface area contributed by atoms with E-state index in [0.29, 0.717) is 11.2 Å². The number of fused-ring (bicyclic) bond motifs is 1. The fourth-order valence-corrected chi connectivity index (χ4v) is 3.51. The third-order valence-electron chi connectivity index (χ3n) is 4.96. The summed E-state index contributed by atoms with van der Waals surface area (Å²) in [6.45, 7) is 0. The number of benzene rings is 2. The van der Waals surface area contributed by atoms with Crippen molar-refractivity contribution in [3.8, 4) is 22.8 Å². The van der Waals surface area contributed by atoms with E-state index in [1.807, 2.05) is 18.2 Å². The van der Waals surface area contributed by atoms with Gasteiger partial charge in [-0.25, -0.2) is 0 Å². The van der Waals surface area contributed by atoms with Crippen LogP contribution in [0.2, 0.25) is 5.28 Å². The van der Waals surface area contributed by atoms with E-state index < -0.39 is 11.7 Å². The summed E-state index contributed by atoms with van der Waals surface area (Å²) in [5.41, 5.74) is 1.85. The number of aromatic nitrogens is 4. The molecule has 0 aliphatic heterocycles. The highest BCUT2D eigenvalue weighted by Crippen LogP contribution is 2.44. The number of hydrogen-bond donors (Lipinski definition) is 0. The van der Waals surface area contributed by atoms with Crippen LogP contribution in [0.25, 0.3) is 16.8 Å². The fraction of sp³-hybridized carbons (Fsp3) is 0.190. The molecule has 2 aromatic carbocycles. The third kappa shape index (κ3) is 3.47. The third-order valence-corrected chi connectivity index (χ3v) is 5.20. The number of ether oxygens (including phenoxy) is 1. The Kier molecular flexibility index (Phi) is 4.39. The van der Waals surface area contributed by atoms with E-state index in [0.717, 1.165) is 36.1 Å². The van der Waals surface area contributed by atoms with Gasteiger partial charge in [0.15, 0.2) is 5.65 Å². The van der Waals surface area contributed by atoms with E-state index in [2.05, 4.69) is 15.3 Å². The van der Waals surface area contributed by atoms with Gasteiger partial charge in [0.2, 0.25) is 11.2 Å². The van der Waals surface area contributed by atoms with Gasteiger partial charge in [-0.05, 0) is 48.1 Å². The van der Waals surface area contributed by atoms with Crippen molar-refractivity contribution in [2.75, 3.05) is 0 Å². The monoisotopic (exact) mass is 430 g/mol. The highest BCUT2D eigenvalue weighted by molar-refractivity contribution is 6.28. The molecule has 0 radical (unpaired) electrons. The van der Waals surface area contributed by atoms with Crippen molar-refractivity contribution in [3.05, 3.63) is 71.0 Å². The second kappa shape index (κ2) is 6.98. The lowest BCUT2D eigenvalue weighted by Crippen LogP contribution is -2.06. The molecule has 1 aliphatic carbocycles. The van der Waals surface area contributed by atoms with Crippen LogP contribution < -0.4 is 4.74 Å². The average Bonchev–Trinajstić information content (AvgIpc) is 3.51. The van der Waals surface area contributed by atoms with Gasteiger partial charge in [0.1, 0.15) is 5.75 Å². The normalized spacial score (nSPS) is 14.3. The van der Waals surface area contributed by atoms with Crippen LogP contribution in [0.1, 0.15) is 29.9 Å². The van der Waals surface area contributed by atoms with Gasteiger partial charge in [0.05, 0.1) is 5.56 Å². The molecule has 0 spiro atoms. The van der Waals surface area contributed by atoms with E-state index in [1.165, 1.54) is 10.6 Å². The van der Waals surface area contributed by atoms with Crippen LogP contribution in [-0.2, 0) is 6.18 Å². The zero-order chi connectivity index (χ0) is 20.9. The predicted molar refractivity (Wildman–Crippen MR) is 105 cm³/mol. The Morgan fingerprint density at radius 2 is 1.77 bits per heavy atom. The first-order chi connectivity index (χ1) is 14.4. The molecule has 9 heteroatoms. The number of rotatable bonds is 4. The Hall–Kier alpha value is -3.13. The van der Waals surface area contributed by atoms with Crippen molar-refractivity contribution in [2.45, 2.75) is 24.9 Å². The van der Waals surface area contributed by atoms with Crippen molar-refractivity contribution >= 4 is 17.2 Å². The quantitative estimate of drug-likeness (QED) is 0.390. The smallest absolute Gasteiger partial charge is 0.416 e. The first kappa shape index (κ1) is 18.9. The van der Waals surface area contributed by atoms with E-state index >= 15 is 0 Å². The molecule has 0 unspecified atom stereocenters. The van der Waals surface area contributed by atoms with Crippen molar-refractivity contribution in [1.82, 2.24) is 19.8 Å². The van der Waals surface area contributed by atoms with E-state index in [4.69, 9.17) is 16.3 Å². The Morgan fingerprint density at radius 1 is 1.00 bits per heavy atom. The Labute approximate surface area is 174 Å². The SMILES string of the molecule is FC(F)(F)c1ccc(-c2ccccc2)c(Oc2cc(C3CC3)c3nnc(Cl)n3n2)c1. The molecular weight excluding hydrogens is 417 g/mol. The molecule has 30 heavy (non-hydrogen) atoms. The molecule has 1 aliphatic rings. The Bertz CT molecular complexity index is 1240. The largest absolute Gasteiger partial charge is 0.437 e. The first-order valence-electron chi connectivity index (χ1n) is 9.26. The van der Waals surface area contributed by atoms with Gasteiger partial charge in [-0.1, -0.05) is 36.4 Å². The summed E-state index contributed by atoms with van der Waals surface area (Å²) in [6, 6.07) is 14.2. The van der Waals surface area contributed by atoms with Gasteiger partial charge < -0.3 is 4.74 Å². The standard InChI is InChI=1S/C21H14ClF3N4O/c22-20-27-26-19-16(13-6-7-13)11-18(28-29(19)20)30-17-10-14(21(23,24)25)8-9-15(17)12-4-2-1-3-5-12/h1-5,8-11,13H,6-7H2. The minimum absolute atomic E-state index is 0.0498. The molecule has 0 atom stereocenters. The number of hydrogen-bond acceptors (Lipinski definition) is 4. The van der Waals surface area contributed by atoms with Gasteiger partial charge >= 0.3 is 6.18 Å². The highest BCUT2D eigenvalue weighted by atomic mass is 35.5. The summed E-state index contributed by atoms with van der Waals surface area (Å²) in [4.78, 5) is 0. The minimum Gasteiger partial charge on any atom is -0.437 e. The number of halogens is 4. The summed E-state index contributed by atoms with van der Waals surface area (Å²) in [7, 11) is 0. The number of alkyl halides is 3. The lowest BCUT2D eigenvalue weighted by molar-refractivity contribution is -0.137. The summed E-state index contributed by atoms with van der Waals surface area (Å²) in [5.74, 6) is 0.463. The summed E-state index contributed by atoms with van der Waals surface area (Å²) in [5, 5.41) is 12.2. The van der Waals surface area contributed by atoms with Crippen LogP contribution >= 0.6 is 11.6 Å². The van der Waals surface area contributed by atoms with Gasteiger partial charge in [0, 0.05) is 17.2 Å². The molecule has 4 aromatic rings. The second-order valence-electron chi connectivity index (χ2n) is 7.09. The van der Waals surface area contributed by atoms with Crippen LogP contribution in [0.5, 0.6) is 11.6 Å². The maximum absolute atomic E-state index is 13.3. The van der Waals surface area contributed by atoms with Crippen molar-refractivity contribution in [3.63, 3.8) is 0 Å². The lowest BCUT2D eigenvalue weighted by atomic mass is 10.0. The molecule has 5 rings (SSSR count). The Balaban J connectivity index is 1.64. The molecule has 152 valence electrons. The molecule has 5 nitrogen and oxygen atoms in total. The zero-order valence-corrected chi connectivity index (χ0v) is 16.2. The highest BCUT2D eigenvalue weighted by Gasteiger charge is 2.32. The van der Waals surface area contributed by atoms with Gasteiger partial charge in [-0.2, -0.15) is 17.7 Å². The molecular formula is C21H14ClF3N4O. The van der Waals surface area contributed by atoms with E-state index in [-0.39, 0.29) is 22.8 Å². The van der Waals surface area contributed by atoms with Crippen LogP contribution in [0.4, 0.5) is 13.2 Å². The van der Waals surface area contributed by atoms with E-state index in [1.54, 1.807) is 18.2 Å². The van der Waals surface area contributed by atoms with Crippen LogP contribution in [-0.4, -0.2) is 19.8 Å². The predicted octanol–water partition coefficient (Wildman–Crippen LogP) is 6.13. The van der Waals surface area contributed by atoms with E-state index in [9.17, 15) is 13.2 Å². The van der Waals surface area contributed by atoms with Crippen molar-refractivity contribution < 1.29 is 17.9 Å². The molecule has 2 aromatic heterocycles. The minimum atomic E-state index is -4.50. The lowest BCUT2D eigenvalue weighted by Gasteiger charge is -2.15. The molecule has 0 N–H and O–H groups in total. The molecule has 1 saturated carbocycles. The summed E-state index contributed by atoms with van der Waals surface area (Å²) in [6.07, 6.45) is -2.52. The average molecular weight is 431 g/mol. The maximum atomic E-state index is 13.3.